The van der Waals surface area contributed by atoms with Gasteiger partial charge in [-0.1, -0.05) is 13.7 Å². The maximum atomic E-state index is 8.01. The Morgan fingerprint density at radius 3 is 3.27 bits per heavy atom. The van der Waals surface area contributed by atoms with Gasteiger partial charge >= 0.3 is 0 Å². The van der Waals surface area contributed by atoms with Gasteiger partial charge in [0, 0.05) is 30.7 Å². The van der Waals surface area contributed by atoms with Crippen molar-refractivity contribution in [2.75, 3.05) is 0 Å². The molecular formula is C9H13BrS. The van der Waals surface area contributed by atoms with Crippen molar-refractivity contribution < 1.29 is 16.4 Å². The van der Waals surface area contributed by atoms with Gasteiger partial charge in [-0.2, -0.15) is 0 Å². The molecule has 0 radical (unpaired) electrons. The van der Waals surface area contributed by atoms with Crippen molar-refractivity contribution in [1.29, 1.82) is 0 Å². The standard InChI is InChI=1S/C9H13BrS/c1-6(2)4-8-5-9(10)7(3)11-8/h5-6H,4H2,1-3H3/i1D3,2D3,3D3,4D2,6D. The molecule has 0 nitrogen and oxygen atoms in total. The second-order valence-electron chi connectivity index (χ2n) is 1.79. The van der Waals surface area contributed by atoms with Gasteiger partial charge in [0.2, 0.25) is 0 Å². The van der Waals surface area contributed by atoms with Crippen LogP contribution in [0.3, 0.4) is 0 Å². The first-order valence-corrected chi connectivity index (χ1v) is 4.28. The Labute approximate surface area is 97.6 Å². The van der Waals surface area contributed by atoms with Gasteiger partial charge in [0.25, 0.3) is 0 Å². The van der Waals surface area contributed by atoms with E-state index in [1.807, 2.05) is 0 Å². The van der Waals surface area contributed by atoms with Crippen LogP contribution in [0.2, 0.25) is 0 Å². The van der Waals surface area contributed by atoms with E-state index in [0.29, 0.717) is 11.3 Å². The molecule has 0 atom stereocenters. The molecule has 62 valence electrons. The van der Waals surface area contributed by atoms with Crippen molar-refractivity contribution in [1.82, 2.24) is 0 Å². The third kappa shape index (κ3) is 2.60. The lowest BCUT2D eigenvalue weighted by atomic mass is 10.1. The molecule has 0 aliphatic rings. The average Bonchev–Trinajstić information content (AvgIpc) is 2.67. The van der Waals surface area contributed by atoms with Crippen LogP contribution >= 0.6 is 27.3 Å². The van der Waals surface area contributed by atoms with Crippen LogP contribution in [0.4, 0.5) is 0 Å². The van der Waals surface area contributed by atoms with Crippen LogP contribution < -0.4 is 0 Å². The first kappa shape index (κ1) is 2.16. The number of hydrogen-bond acceptors (Lipinski definition) is 1. The highest BCUT2D eigenvalue weighted by Gasteiger charge is 2.03. The first-order valence-electron chi connectivity index (χ1n) is 8.67. The van der Waals surface area contributed by atoms with Crippen LogP contribution in [0, 0.1) is 12.7 Å². The Balaban J connectivity index is 3.62. The minimum atomic E-state index is -3.46. The molecule has 0 saturated carbocycles. The lowest BCUT2D eigenvalue weighted by Gasteiger charge is -1.98. The summed E-state index contributed by atoms with van der Waals surface area (Å²) in [6, 6.07) is 1.02. The largest absolute Gasteiger partial charge is 0.144 e. The summed E-state index contributed by atoms with van der Waals surface area (Å²) < 4.78 is 90.2. The SMILES string of the molecule is [2H]C([2H])([2H])c1sc(C([2H])([2H])C([2H])(C([2H])([2H])[2H])C([2H])([2H])[2H])cc1Br. The predicted molar refractivity (Wildman–Crippen MR) is 55.3 cm³/mol. The molecule has 0 aliphatic carbocycles. The van der Waals surface area contributed by atoms with Gasteiger partial charge < -0.3 is 0 Å². The fourth-order valence-electron chi connectivity index (χ4n) is 0.554. The molecule has 0 N–H and O–H groups in total. The summed E-state index contributed by atoms with van der Waals surface area (Å²) >= 11 is 3.38. The van der Waals surface area contributed by atoms with E-state index < -0.39 is 37.7 Å². The van der Waals surface area contributed by atoms with E-state index in [2.05, 4.69) is 15.9 Å². The van der Waals surface area contributed by atoms with Gasteiger partial charge in [0.15, 0.2) is 0 Å². The zero-order valence-corrected chi connectivity index (χ0v) is 7.77. The van der Waals surface area contributed by atoms with E-state index >= 15 is 0 Å². The molecule has 0 saturated heterocycles. The van der Waals surface area contributed by atoms with E-state index in [9.17, 15) is 0 Å². The molecule has 0 bridgehead atoms. The van der Waals surface area contributed by atoms with E-state index in [-0.39, 0.29) is 9.35 Å². The molecule has 1 rings (SSSR count). The summed E-state index contributed by atoms with van der Waals surface area (Å²) in [6.45, 7) is -9.50. The molecule has 1 aromatic heterocycles. The summed E-state index contributed by atoms with van der Waals surface area (Å²) in [4.78, 5) is -0.687. The number of rotatable bonds is 2. The Kier molecular flexibility index (Phi) is 0.730. The Morgan fingerprint density at radius 2 is 2.73 bits per heavy atom. The van der Waals surface area contributed by atoms with Gasteiger partial charge in [-0.05, 0) is 41.1 Å². The first-order chi connectivity index (χ1) is 9.87. The van der Waals surface area contributed by atoms with Gasteiger partial charge in [0.1, 0.15) is 0 Å². The molecule has 0 unspecified atom stereocenters. The highest BCUT2D eigenvalue weighted by molar-refractivity contribution is 9.10. The fraction of sp³-hybridized carbons (Fsp3) is 0.556. The molecule has 0 amide bonds. The van der Waals surface area contributed by atoms with E-state index in [4.69, 9.17) is 16.4 Å². The smallest absolute Gasteiger partial charge is 0.0327 e. The Morgan fingerprint density at radius 1 is 1.91 bits per heavy atom. The third-order valence-corrected chi connectivity index (χ3v) is 2.69. The van der Waals surface area contributed by atoms with E-state index in [0.717, 1.165) is 6.07 Å². The summed E-state index contributed by atoms with van der Waals surface area (Å²) in [7, 11) is 0. The van der Waals surface area contributed by atoms with Crippen LogP contribution in [-0.4, -0.2) is 0 Å². The van der Waals surface area contributed by atoms with E-state index in [1.54, 1.807) is 0 Å². The minimum absolute atomic E-state index is 0.0137. The van der Waals surface area contributed by atoms with E-state index in [1.165, 1.54) is 0 Å². The molecule has 0 spiro atoms. The van der Waals surface area contributed by atoms with Crippen molar-refractivity contribution >= 4 is 27.3 Å². The topological polar surface area (TPSA) is 0 Å². The zero-order valence-electron chi connectivity index (χ0n) is 17.4. The lowest BCUT2D eigenvalue weighted by Crippen LogP contribution is -1.89. The van der Waals surface area contributed by atoms with Crippen LogP contribution in [0.25, 0.3) is 0 Å². The number of hydrogen-bond donors (Lipinski definition) is 0. The quantitative estimate of drug-likeness (QED) is 0.738. The fourth-order valence-corrected chi connectivity index (χ4v) is 1.88. The van der Waals surface area contributed by atoms with Gasteiger partial charge in [0.05, 0.1) is 0 Å². The number of thiophene rings is 1. The average molecular weight is 245 g/mol. The van der Waals surface area contributed by atoms with Crippen molar-refractivity contribution in [3.8, 4) is 0 Å². The highest BCUT2D eigenvalue weighted by Crippen LogP contribution is 2.27. The van der Waals surface area contributed by atoms with Gasteiger partial charge in [-0.25, -0.2) is 0 Å². The van der Waals surface area contributed by atoms with Crippen LogP contribution in [0.15, 0.2) is 10.5 Å². The highest BCUT2D eigenvalue weighted by atomic mass is 79.9. The maximum Gasteiger partial charge on any atom is 0.0327 e. The van der Waals surface area contributed by atoms with Crippen LogP contribution in [0.5, 0.6) is 0 Å². The zero-order chi connectivity index (χ0) is 18.6. The molecule has 11 heavy (non-hydrogen) atoms. The van der Waals surface area contributed by atoms with Gasteiger partial charge in [-0.3, -0.25) is 0 Å². The molecule has 0 aliphatic heterocycles. The second kappa shape index (κ2) is 3.72. The molecule has 2 heteroatoms. The Bertz CT molecular complexity index is 563. The summed E-state index contributed by atoms with van der Waals surface area (Å²) in [5.74, 6) is -3.46. The predicted octanol–water partition coefficient (Wildman–Crippen LogP) is 4.02. The van der Waals surface area contributed by atoms with Crippen molar-refractivity contribution in [2.24, 2.45) is 5.89 Å². The van der Waals surface area contributed by atoms with Gasteiger partial charge in [-0.15, -0.1) is 11.3 Å². The van der Waals surface area contributed by atoms with Crippen LogP contribution in [-0.2, 0) is 6.37 Å². The maximum absolute atomic E-state index is 8.01. The summed E-state index contributed by atoms with van der Waals surface area (Å²) in [5.41, 5.74) is 0. The molecular weight excluding hydrogens is 220 g/mol. The molecule has 0 aromatic carbocycles. The third-order valence-electron chi connectivity index (χ3n) is 0.935. The lowest BCUT2D eigenvalue weighted by molar-refractivity contribution is 0.654. The summed E-state index contributed by atoms with van der Waals surface area (Å²) in [5, 5.41) is 0. The molecule has 1 aromatic rings. The van der Waals surface area contributed by atoms with Crippen molar-refractivity contribution in [2.45, 2.75) is 26.9 Å². The number of aryl methyl sites for hydroxylation is 1. The monoisotopic (exact) mass is 244 g/mol. The van der Waals surface area contributed by atoms with Crippen LogP contribution in [0.1, 0.15) is 39.9 Å². The Hall–Kier alpha value is 0.180. The minimum Gasteiger partial charge on any atom is -0.144 e. The van der Waals surface area contributed by atoms with Crippen molar-refractivity contribution in [3.63, 3.8) is 0 Å². The summed E-state index contributed by atoms with van der Waals surface area (Å²) in [6.07, 6.45) is -3.12. The normalized spacial score (nSPS) is 32.8. The van der Waals surface area contributed by atoms with Crippen molar-refractivity contribution in [3.05, 3.63) is 20.3 Å². The molecule has 1 heterocycles. The molecule has 0 fully saturated rings. The number of halogens is 1. The second-order valence-corrected chi connectivity index (χ2v) is 3.69.